The summed E-state index contributed by atoms with van der Waals surface area (Å²) in [6, 6.07) is 0. The normalized spacial score (nSPS) is 11.4. The van der Waals surface area contributed by atoms with Gasteiger partial charge in [-0.15, -0.1) is 0 Å². The number of carbonyl (C=O) groups excluding carboxylic acids is 1. The summed E-state index contributed by atoms with van der Waals surface area (Å²) in [5, 5.41) is 0. The van der Waals surface area contributed by atoms with Crippen LogP contribution in [0.15, 0.2) is 0 Å². The number of carbonyl (C=O) groups is 1. The van der Waals surface area contributed by atoms with E-state index in [4.69, 9.17) is 47.4 Å². The standard InChI is InChI=1S/C24H48O11/c1-4-34-24(25)5-6-26-7-8-27-9-10-28-11-12-29-13-14-30-15-16-31-17-18-32-19-20-33-21-22-35-23(2)3/h23H,4-22H2,1-3H3. The van der Waals surface area contributed by atoms with Crippen molar-refractivity contribution in [3.05, 3.63) is 0 Å². The molecule has 0 saturated heterocycles. The van der Waals surface area contributed by atoms with E-state index in [9.17, 15) is 4.79 Å². The maximum atomic E-state index is 11.1. The zero-order valence-electron chi connectivity index (χ0n) is 22.0. The van der Waals surface area contributed by atoms with Gasteiger partial charge in [-0.1, -0.05) is 0 Å². The van der Waals surface area contributed by atoms with Crippen LogP contribution in [0, 0.1) is 0 Å². The van der Waals surface area contributed by atoms with Crippen LogP contribution in [0.2, 0.25) is 0 Å². The highest BCUT2D eigenvalue weighted by atomic mass is 16.6. The van der Waals surface area contributed by atoms with Crippen LogP contribution in [0.25, 0.3) is 0 Å². The summed E-state index contributed by atoms with van der Waals surface area (Å²) >= 11 is 0. The Hall–Kier alpha value is -0.890. The molecule has 0 aromatic carbocycles. The Morgan fingerprint density at radius 2 is 0.771 bits per heavy atom. The van der Waals surface area contributed by atoms with Crippen molar-refractivity contribution < 1.29 is 52.2 Å². The van der Waals surface area contributed by atoms with Gasteiger partial charge in [0.1, 0.15) is 0 Å². The summed E-state index contributed by atoms with van der Waals surface area (Å²) < 4.78 is 53.4. The van der Waals surface area contributed by atoms with Gasteiger partial charge >= 0.3 is 5.97 Å². The number of ether oxygens (including phenoxy) is 10. The van der Waals surface area contributed by atoms with E-state index in [2.05, 4.69) is 0 Å². The Morgan fingerprint density at radius 3 is 1.06 bits per heavy atom. The van der Waals surface area contributed by atoms with Gasteiger partial charge in [0, 0.05) is 0 Å². The lowest BCUT2D eigenvalue weighted by Gasteiger charge is -2.09. The van der Waals surface area contributed by atoms with Gasteiger partial charge in [-0.25, -0.2) is 0 Å². The van der Waals surface area contributed by atoms with Gasteiger partial charge in [0.05, 0.1) is 131 Å². The zero-order valence-corrected chi connectivity index (χ0v) is 22.0. The molecule has 0 aliphatic carbocycles. The molecule has 0 rings (SSSR count). The largest absolute Gasteiger partial charge is 0.466 e. The second-order valence-corrected chi connectivity index (χ2v) is 7.37. The Kier molecular flexibility index (Phi) is 28.6. The zero-order chi connectivity index (χ0) is 25.7. The average Bonchev–Trinajstić information content (AvgIpc) is 2.83. The van der Waals surface area contributed by atoms with E-state index in [-0.39, 0.29) is 18.5 Å². The van der Waals surface area contributed by atoms with Crippen molar-refractivity contribution in [2.45, 2.75) is 33.3 Å². The number of hydrogen-bond donors (Lipinski definition) is 0. The molecule has 0 unspecified atom stereocenters. The minimum atomic E-state index is -0.247. The molecule has 0 bridgehead atoms. The van der Waals surface area contributed by atoms with Crippen molar-refractivity contribution in [2.75, 3.05) is 119 Å². The number of hydrogen-bond acceptors (Lipinski definition) is 11. The van der Waals surface area contributed by atoms with Crippen LogP contribution < -0.4 is 0 Å². The fraction of sp³-hybridized carbons (Fsp3) is 0.958. The van der Waals surface area contributed by atoms with E-state index >= 15 is 0 Å². The lowest BCUT2D eigenvalue weighted by molar-refractivity contribution is -0.144. The molecule has 210 valence electrons. The molecule has 0 aromatic rings. The molecule has 11 nitrogen and oxygen atoms in total. The maximum Gasteiger partial charge on any atom is 0.308 e. The van der Waals surface area contributed by atoms with Crippen LogP contribution in [0.4, 0.5) is 0 Å². The first kappa shape index (κ1) is 34.1. The Morgan fingerprint density at radius 1 is 0.486 bits per heavy atom. The van der Waals surface area contributed by atoms with E-state index in [1.807, 2.05) is 13.8 Å². The first-order chi connectivity index (χ1) is 17.2. The van der Waals surface area contributed by atoms with Crippen molar-refractivity contribution >= 4 is 5.97 Å². The highest BCUT2D eigenvalue weighted by molar-refractivity contribution is 5.69. The Labute approximate surface area is 210 Å². The molecule has 0 saturated carbocycles. The molecule has 35 heavy (non-hydrogen) atoms. The third kappa shape index (κ3) is 31.1. The smallest absolute Gasteiger partial charge is 0.308 e. The molecule has 0 atom stereocenters. The minimum Gasteiger partial charge on any atom is -0.466 e. The SMILES string of the molecule is CCOC(=O)CCOCCOCCOCCOCCOCCOCCOCCOCCOC(C)C. The highest BCUT2D eigenvalue weighted by Gasteiger charge is 2.00. The molecule has 0 radical (unpaired) electrons. The van der Waals surface area contributed by atoms with E-state index in [1.54, 1.807) is 6.92 Å². The first-order valence-electron chi connectivity index (χ1n) is 12.6. The summed E-state index contributed by atoms with van der Waals surface area (Å²) in [6.45, 7) is 14.8. The van der Waals surface area contributed by atoms with E-state index in [0.29, 0.717) is 119 Å². The molecule has 0 amide bonds. The van der Waals surface area contributed by atoms with Gasteiger partial charge in [0.25, 0.3) is 0 Å². The third-order valence-corrected chi connectivity index (χ3v) is 4.04. The quantitative estimate of drug-likeness (QED) is 0.107. The predicted molar refractivity (Wildman–Crippen MR) is 129 cm³/mol. The predicted octanol–water partition coefficient (Wildman–Crippen LogP) is 1.50. The molecule has 0 aromatic heterocycles. The van der Waals surface area contributed by atoms with E-state index in [1.165, 1.54) is 0 Å². The van der Waals surface area contributed by atoms with Crippen LogP contribution in [0.1, 0.15) is 27.2 Å². The van der Waals surface area contributed by atoms with Crippen LogP contribution in [-0.2, 0) is 52.2 Å². The van der Waals surface area contributed by atoms with Crippen LogP contribution in [0.3, 0.4) is 0 Å². The van der Waals surface area contributed by atoms with E-state index in [0.717, 1.165) is 0 Å². The number of esters is 1. The molecular formula is C24H48O11. The number of rotatable bonds is 29. The monoisotopic (exact) mass is 512 g/mol. The Bertz CT molecular complexity index is 424. The molecule has 0 N–H and O–H groups in total. The van der Waals surface area contributed by atoms with Crippen molar-refractivity contribution in [2.24, 2.45) is 0 Å². The average molecular weight is 513 g/mol. The summed E-state index contributed by atoms with van der Waals surface area (Å²) in [5.41, 5.74) is 0. The lowest BCUT2D eigenvalue weighted by Crippen LogP contribution is -2.15. The lowest BCUT2D eigenvalue weighted by atomic mass is 10.5. The van der Waals surface area contributed by atoms with Crippen LogP contribution in [-0.4, -0.2) is 131 Å². The van der Waals surface area contributed by atoms with Gasteiger partial charge < -0.3 is 47.4 Å². The van der Waals surface area contributed by atoms with Gasteiger partial charge in [0.15, 0.2) is 0 Å². The summed E-state index contributed by atoms with van der Waals surface area (Å²) in [5.74, 6) is -0.247. The highest BCUT2D eigenvalue weighted by Crippen LogP contribution is 1.90. The molecule has 0 fully saturated rings. The van der Waals surface area contributed by atoms with Crippen molar-refractivity contribution in [1.82, 2.24) is 0 Å². The summed E-state index contributed by atoms with van der Waals surface area (Å²) in [6.07, 6.45) is 0.494. The molecule has 0 aliphatic rings. The molecule has 11 heteroatoms. The fourth-order valence-electron chi connectivity index (χ4n) is 2.37. The first-order valence-corrected chi connectivity index (χ1v) is 12.6. The Balaban J connectivity index is 3.05. The van der Waals surface area contributed by atoms with Crippen molar-refractivity contribution in [3.8, 4) is 0 Å². The van der Waals surface area contributed by atoms with Crippen LogP contribution in [0.5, 0.6) is 0 Å². The van der Waals surface area contributed by atoms with Gasteiger partial charge in [0.2, 0.25) is 0 Å². The summed E-state index contributed by atoms with van der Waals surface area (Å²) in [4.78, 5) is 11.1. The second-order valence-electron chi connectivity index (χ2n) is 7.37. The van der Waals surface area contributed by atoms with Crippen molar-refractivity contribution in [1.29, 1.82) is 0 Å². The third-order valence-electron chi connectivity index (χ3n) is 4.04. The van der Waals surface area contributed by atoms with Crippen molar-refractivity contribution in [3.63, 3.8) is 0 Å². The summed E-state index contributed by atoms with van der Waals surface area (Å²) in [7, 11) is 0. The van der Waals surface area contributed by atoms with Crippen LogP contribution >= 0.6 is 0 Å². The molecule has 0 heterocycles. The fourth-order valence-corrected chi connectivity index (χ4v) is 2.37. The molecular weight excluding hydrogens is 464 g/mol. The second kappa shape index (κ2) is 29.3. The van der Waals surface area contributed by atoms with Gasteiger partial charge in [-0.3, -0.25) is 4.79 Å². The minimum absolute atomic E-state index is 0.232. The van der Waals surface area contributed by atoms with E-state index < -0.39 is 0 Å². The molecule has 0 aliphatic heterocycles. The topological polar surface area (TPSA) is 109 Å². The van der Waals surface area contributed by atoms with Gasteiger partial charge in [-0.2, -0.15) is 0 Å². The van der Waals surface area contributed by atoms with Gasteiger partial charge in [-0.05, 0) is 20.8 Å². The maximum absolute atomic E-state index is 11.1. The molecule has 0 spiro atoms.